The van der Waals surface area contributed by atoms with Crippen LogP contribution in [0.4, 0.5) is 17.1 Å². The highest BCUT2D eigenvalue weighted by Crippen LogP contribution is 2.48. The van der Waals surface area contributed by atoms with Gasteiger partial charge in [0.2, 0.25) is 0 Å². The second-order valence-corrected chi connectivity index (χ2v) is 14.7. The lowest BCUT2D eigenvalue weighted by molar-refractivity contribution is 0.673. The molecule has 0 spiro atoms. The van der Waals surface area contributed by atoms with Gasteiger partial charge in [-0.05, 0) is 98.4 Å². The first-order chi connectivity index (χ1) is 26.3. The average molecular weight is 694 g/mol. The fourth-order valence-corrected chi connectivity index (χ4v) is 9.34. The summed E-state index contributed by atoms with van der Waals surface area (Å²) in [7, 11) is 0. The van der Waals surface area contributed by atoms with Crippen LogP contribution in [0.25, 0.3) is 85.9 Å². The topological polar surface area (TPSA) is 16.4 Å². The van der Waals surface area contributed by atoms with Gasteiger partial charge in [0.15, 0.2) is 0 Å². The second kappa shape index (κ2) is 11.9. The summed E-state index contributed by atoms with van der Waals surface area (Å²) in [5.41, 5.74) is 10.0. The lowest BCUT2D eigenvalue weighted by atomic mass is 9.97. The van der Waals surface area contributed by atoms with E-state index in [2.05, 4.69) is 187 Å². The van der Waals surface area contributed by atoms with Crippen LogP contribution in [-0.2, 0) is 0 Å². The summed E-state index contributed by atoms with van der Waals surface area (Å²) >= 11 is 1.82. The zero-order valence-corrected chi connectivity index (χ0v) is 29.5. The van der Waals surface area contributed by atoms with Crippen molar-refractivity contribution in [1.82, 2.24) is 0 Å². The molecule has 53 heavy (non-hydrogen) atoms. The maximum absolute atomic E-state index is 6.67. The molecule has 0 aliphatic heterocycles. The highest BCUT2D eigenvalue weighted by atomic mass is 32.1. The number of anilines is 3. The summed E-state index contributed by atoms with van der Waals surface area (Å²) in [5, 5.41) is 9.66. The zero-order valence-electron chi connectivity index (χ0n) is 28.7. The Labute approximate surface area is 310 Å². The first kappa shape index (κ1) is 30.0. The molecule has 11 rings (SSSR count). The minimum atomic E-state index is 0.914. The number of hydrogen-bond donors (Lipinski definition) is 0. The van der Waals surface area contributed by atoms with E-state index in [1.807, 2.05) is 17.4 Å². The summed E-state index contributed by atoms with van der Waals surface area (Å²) < 4.78 is 9.12. The minimum Gasteiger partial charge on any atom is -0.455 e. The number of fused-ring (bicyclic) bond motifs is 9. The SMILES string of the molecule is c1ccc2c(-c3ccc(N(c4ccc(-c5cccc6ccccc56)cc4)c4cccc5sc6ccc7c8ccccc8oc7c6c45)cc3)cccc2c1. The molecule has 0 N–H and O–H groups in total. The summed E-state index contributed by atoms with van der Waals surface area (Å²) in [6.07, 6.45) is 0. The molecule has 0 aliphatic carbocycles. The van der Waals surface area contributed by atoms with E-state index < -0.39 is 0 Å². The zero-order chi connectivity index (χ0) is 34.9. The summed E-state index contributed by atoms with van der Waals surface area (Å²) in [6, 6.07) is 68.0. The Bertz CT molecular complexity index is 3040. The molecule has 0 atom stereocenters. The molecule has 3 heteroatoms. The Hall–Kier alpha value is -6.68. The Morgan fingerprint density at radius 1 is 0.377 bits per heavy atom. The highest BCUT2D eigenvalue weighted by molar-refractivity contribution is 7.26. The van der Waals surface area contributed by atoms with Crippen molar-refractivity contribution < 1.29 is 4.42 Å². The summed E-state index contributed by atoms with van der Waals surface area (Å²) in [4.78, 5) is 2.41. The number of furan rings is 1. The summed E-state index contributed by atoms with van der Waals surface area (Å²) in [5.74, 6) is 0. The van der Waals surface area contributed by atoms with Gasteiger partial charge >= 0.3 is 0 Å². The molecule has 11 aromatic rings. The predicted molar refractivity (Wildman–Crippen MR) is 227 cm³/mol. The standard InChI is InChI=1S/C50H31NOS/c1-3-14-38-32(10-1)12-7-17-40(38)34-22-26-36(27-23-34)51(37-28-24-35(25-29-37)41-18-8-13-33-11-2-4-15-39(33)41)44-19-9-21-46-48(44)49-47(53-46)31-30-43-42-16-5-6-20-45(42)52-50(43)49/h1-31H. The molecule has 2 aromatic heterocycles. The number of hydrogen-bond acceptors (Lipinski definition) is 3. The lowest BCUT2D eigenvalue weighted by Gasteiger charge is -2.27. The minimum absolute atomic E-state index is 0.914. The first-order valence-electron chi connectivity index (χ1n) is 18.0. The van der Waals surface area contributed by atoms with E-state index >= 15 is 0 Å². The van der Waals surface area contributed by atoms with Gasteiger partial charge in [-0.25, -0.2) is 0 Å². The summed E-state index contributed by atoms with van der Waals surface area (Å²) in [6.45, 7) is 0. The molecule has 0 saturated heterocycles. The van der Waals surface area contributed by atoms with Crippen LogP contribution in [0.15, 0.2) is 192 Å². The van der Waals surface area contributed by atoms with Crippen LogP contribution in [0.1, 0.15) is 0 Å². The molecule has 0 fully saturated rings. The maximum atomic E-state index is 6.67. The monoisotopic (exact) mass is 693 g/mol. The molecular formula is C50H31NOS. The highest BCUT2D eigenvalue weighted by Gasteiger charge is 2.22. The van der Waals surface area contributed by atoms with E-state index in [9.17, 15) is 0 Å². The Balaban J connectivity index is 1.13. The van der Waals surface area contributed by atoms with Crippen molar-refractivity contribution in [2.45, 2.75) is 0 Å². The Kier molecular flexibility index (Phi) is 6.76. The van der Waals surface area contributed by atoms with E-state index in [1.165, 1.54) is 64.0 Å². The van der Waals surface area contributed by atoms with Crippen molar-refractivity contribution in [3.8, 4) is 22.3 Å². The Morgan fingerprint density at radius 2 is 0.906 bits per heavy atom. The fraction of sp³-hybridized carbons (Fsp3) is 0. The lowest BCUT2D eigenvalue weighted by Crippen LogP contribution is -2.10. The number of rotatable bonds is 5. The van der Waals surface area contributed by atoms with Crippen LogP contribution in [0.2, 0.25) is 0 Å². The van der Waals surface area contributed by atoms with Crippen molar-refractivity contribution in [2.24, 2.45) is 0 Å². The molecule has 2 heterocycles. The van der Waals surface area contributed by atoms with Gasteiger partial charge in [-0.2, -0.15) is 0 Å². The maximum Gasteiger partial charge on any atom is 0.144 e. The largest absolute Gasteiger partial charge is 0.455 e. The Morgan fingerprint density at radius 3 is 1.55 bits per heavy atom. The number of nitrogens with zero attached hydrogens (tertiary/aromatic N) is 1. The smallest absolute Gasteiger partial charge is 0.144 e. The van der Waals surface area contributed by atoms with Crippen LogP contribution < -0.4 is 4.90 Å². The van der Waals surface area contributed by atoms with Crippen LogP contribution in [0, 0.1) is 0 Å². The van der Waals surface area contributed by atoms with Gasteiger partial charge in [-0.15, -0.1) is 11.3 Å². The van der Waals surface area contributed by atoms with Crippen LogP contribution in [-0.4, -0.2) is 0 Å². The van der Waals surface area contributed by atoms with Gasteiger partial charge < -0.3 is 9.32 Å². The molecule has 0 radical (unpaired) electrons. The third-order valence-corrected chi connectivity index (χ3v) is 11.8. The third-order valence-electron chi connectivity index (χ3n) is 10.7. The molecule has 0 saturated carbocycles. The van der Waals surface area contributed by atoms with Crippen LogP contribution in [0.5, 0.6) is 0 Å². The average Bonchev–Trinajstić information content (AvgIpc) is 3.80. The van der Waals surface area contributed by atoms with E-state index in [4.69, 9.17) is 4.42 Å². The molecule has 0 aliphatic rings. The normalized spacial score (nSPS) is 11.8. The molecule has 0 unspecified atom stereocenters. The third kappa shape index (κ3) is 4.78. The van der Waals surface area contributed by atoms with Crippen molar-refractivity contribution >= 4 is 92.1 Å². The quantitative estimate of drug-likeness (QED) is 0.178. The second-order valence-electron chi connectivity index (χ2n) is 13.6. The molecule has 2 nitrogen and oxygen atoms in total. The van der Waals surface area contributed by atoms with Crippen molar-refractivity contribution in [3.63, 3.8) is 0 Å². The molecule has 248 valence electrons. The fourth-order valence-electron chi connectivity index (χ4n) is 8.21. The van der Waals surface area contributed by atoms with Gasteiger partial charge in [0.25, 0.3) is 0 Å². The van der Waals surface area contributed by atoms with Crippen molar-refractivity contribution in [2.75, 3.05) is 4.90 Å². The molecule has 9 aromatic carbocycles. The molecule has 0 amide bonds. The predicted octanol–water partition coefficient (Wildman–Crippen LogP) is 15.1. The van der Waals surface area contributed by atoms with Gasteiger partial charge in [0.1, 0.15) is 11.2 Å². The van der Waals surface area contributed by atoms with E-state index in [0.29, 0.717) is 0 Å². The van der Waals surface area contributed by atoms with Gasteiger partial charge in [0.05, 0.1) is 5.69 Å². The first-order valence-corrected chi connectivity index (χ1v) is 18.8. The molecular weight excluding hydrogens is 663 g/mol. The number of para-hydroxylation sites is 1. The van der Waals surface area contributed by atoms with Crippen LogP contribution >= 0.6 is 11.3 Å². The van der Waals surface area contributed by atoms with Crippen molar-refractivity contribution in [3.05, 3.63) is 188 Å². The van der Waals surface area contributed by atoms with E-state index in [1.54, 1.807) is 0 Å². The van der Waals surface area contributed by atoms with Gasteiger partial charge in [-0.1, -0.05) is 133 Å². The molecule has 0 bridgehead atoms. The van der Waals surface area contributed by atoms with Gasteiger partial charge in [0, 0.05) is 42.3 Å². The van der Waals surface area contributed by atoms with E-state index in [-0.39, 0.29) is 0 Å². The number of benzene rings is 9. The van der Waals surface area contributed by atoms with Crippen molar-refractivity contribution in [1.29, 1.82) is 0 Å². The number of thiophene rings is 1. The van der Waals surface area contributed by atoms with E-state index in [0.717, 1.165) is 39.0 Å². The van der Waals surface area contributed by atoms with Gasteiger partial charge in [-0.3, -0.25) is 0 Å². The van der Waals surface area contributed by atoms with Crippen LogP contribution in [0.3, 0.4) is 0 Å².